The van der Waals surface area contributed by atoms with Gasteiger partial charge >= 0.3 is 12.2 Å². The Hall–Kier alpha value is -3.63. The van der Waals surface area contributed by atoms with Gasteiger partial charge in [-0.1, -0.05) is 48.5 Å². The van der Waals surface area contributed by atoms with Crippen LogP contribution in [0.2, 0.25) is 0 Å². The highest BCUT2D eigenvalue weighted by atomic mass is 16.6. The first-order chi connectivity index (χ1) is 19.2. The molecule has 1 aliphatic rings. The van der Waals surface area contributed by atoms with Gasteiger partial charge in [0.15, 0.2) is 6.29 Å². The van der Waals surface area contributed by atoms with Crippen LogP contribution in [0.4, 0.5) is 9.59 Å². The summed E-state index contributed by atoms with van der Waals surface area (Å²) in [6, 6.07) is 15.2. The maximum Gasteiger partial charge on any atom is 0.407 e. The molecule has 0 aromatic heterocycles. The molecule has 3 rings (SSSR count). The molecule has 1 unspecified atom stereocenters. The standard InChI is InChI=1S/C31H43N3O7/c1-30(2,3)40-27(36)25(15-16-26(35)32-17-18-33-28(37)41-31(4,5)6)34-29(38)39-19-24-22-13-9-7-11-20(22)21-12-8-10-14-23(21)24/h7-14,24-25,27,36H,15-19H2,1-6H3,(H,32,35)(H,33,37)(H,34,38)/t25-,27?/m0/s1. The molecule has 2 aromatic carbocycles. The quantitative estimate of drug-likeness (QED) is 0.232. The number of aliphatic hydroxyl groups excluding tert-OH is 1. The van der Waals surface area contributed by atoms with Crippen LogP contribution >= 0.6 is 0 Å². The van der Waals surface area contributed by atoms with Crippen molar-refractivity contribution in [2.75, 3.05) is 19.7 Å². The second kappa shape index (κ2) is 13.8. The van der Waals surface area contributed by atoms with Crippen LogP contribution in [0.25, 0.3) is 11.1 Å². The molecule has 0 aliphatic heterocycles. The van der Waals surface area contributed by atoms with Gasteiger partial charge in [-0.15, -0.1) is 0 Å². The van der Waals surface area contributed by atoms with E-state index in [1.165, 1.54) is 0 Å². The van der Waals surface area contributed by atoms with Gasteiger partial charge in [-0.2, -0.15) is 0 Å². The highest BCUT2D eigenvalue weighted by molar-refractivity contribution is 5.79. The zero-order chi connectivity index (χ0) is 30.2. The number of ether oxygens (including phenoxy) is 3. The van der Waals surface area contributed by atoms with Crippen molar-refractivity contribution in [1.82, 2.24) is 16.0 Å². The average Bonchev–Trinajstić information content (AvgIpc) is 3.19. The van der Waals surface area contributed by atoms with Gasteiger partial charge in [0.2, 0.25) is 5.91 Å². The monoisotopic (exact) mass is 569 g/mol. The summed E-state index contributed by atoms with van der Waals surface area (Å²) in [4.78, 5) is 37.0. The first kappa shape index (κ1) is 31.9. The Bertz CT molecular complexity index is 1160. The number of aliphatic hydroxyl groups is 1. The summed E-state index contributed by atoms with van der Waals surface area (Å²) >= 11 is 0. The van der Waals surface area contributed by atoms with Gasteiger partial charge in [0, 0.05) is 25.4 Å². The van der Waals surface area contributed by atoms with Crippen LogP contribution in [0, 0.1) is 0 Å². The number of hydrogen-bond donors (Lipinski definition) is 4. The van der Waals surface area contributed by atoms with Crippen molar-refractivity contribution in [3.63, 3.8) is 0 Å². The number of fused-ring (bicyclic) bond motifs is 3. The summed E-state index contributed by atoms with van der Waals surface area (Å²) in [5.41, 5.74) is 3.13. The maximum absolute atomic E-state index is 12.9. The first-order valence-electron chi connectivity index (χ1n) is 13.9. The van der Waals surface area contributed by atoms with E-state index in [0.717, 1.165) is 22.3 Å². The largest absolute Gasteiger partial charge is 0.449 e. The van der Waals surface area contributed by atoms with Crippen LogP contribution in [0.5, 0.6) is 0 Å². The normalized spacial score (nSPS) is 14.3. The fraction of sp³-hybridized carbons (Fsp3) is 0.516. The van der Waals surface area contributed by atoms with Gasteiger partial charge in [-0.25, -0.2) is 9.59 Å². The summed E-state index contributed by atoms with van der Waals surface area (Å²) in [5, 5.41) is 18.7. The van der Waals surface area contributed by atoms with E-state index in [9.17, 15) is 19.5 Å². The molecule has 0 saturated heterocycles. The van der Waals surface area contributed by atoms with Crippen LogP contribution < -0.4 is 16.0 Å². The first-order valence-corrected chi connectivity index (χ1v) is 13.9. The highest BCUT2D eigenvalue weighted by Gasteiger charge is 2.31. The molecule has 1 aliphatic carbocycles. The molecular formula is C31H43N3O7. The van der Waals surface area contributed by atoms with Crippen molar-refractivity contribution >= 4 is 18.1 Å². The van der Waals surface area contributed by atoms with Crippen molar-refractivity contribution in [3.8, 4) is 11.1 Å². The van der Waals surface area contributed by atoms with Crippen LogP contribution in [-0.2, 0) is 19.0 Å². The molecule has 4 N–H and O–H groups in total. The molecule has 10 nitrogen and oxygen atoms in total. The van der Waals surface area contributed by atoms with Crippen LogP contribution in [0.3, 0.4) is 0 Å². The lowest BCUT2D eigenvalue weighted by molar-refractivity contribution is -0.180. The third kappa shape index (κ3) is 10.1. The van der Waals surface area contributed by atoms with E-state index in [1.807, 2.05) is 36.4 Å². The Kier molecular flexibility index (Phi) is 10.8. The van der Waals surface area contributed by atoms with E-state index in [4.69, 9.17) is 14.2 Å². The fourth-order valence-electron chi connectivity index (χ4n) is 4.58. The summed E-state index contributed by atoms with van der Waals surface area (Å²) in [6.07, 6.45) is -2.54. The van der Waals surface area contributed by atoms with E-state index in [1.54, 1.807) is 41.5 Å². The van der Waals surface area contributed by atoms with Gasteiger partial charge < -0.3 is 35.3 Å². The average molecular weight is 570 g/mol. The predicted octanol–water partition coefficient (Wildman–Crippen LogP) is 4.45. The number of carbonyl (C=O) groups excluding carboxylic acids is 3. The fourth-order valence-corrected chi connectivity index (χ4v) is 4.58. The molecule has 2 atom stereocenters. The molecule has 0 radical (unpaired) electrons. The second-order valence-corrected chi connectivity index (χ2v) is 12.0. The molecule has 224 valence electrons. The summed E-state index contributed by atoms with van der Waals surface area (Å²) in [7, 11) is 0. The lowest BCUT2D eigenvalue weighted by Gasteiger charge is -2.30. The molecule has 0 spiro atoms. The predicted molar refractivity (Wildman–Crippen MR) is 155 cm³/mol. The molecule has 10 heteroatoms. The van der Waals surface area contributed by atoms with Crippen molar-refractivity contribution < 1.29 is 33.7 Å². The van der Waals surface area contributed by atoms with E-state index in [0.29, 0.717) is 0 Å². The Morgan fingerprint density at radius 3 is 1.95 bits per heavy atom. The summed E-state index contributed by atoms with van der Waals surface area (Å²) in [5.74, 6) is -0.416. The number of hydrogen-bond acceptors (Lipinski definition) is 7. The number of benzene rings is 2. The number of alkyl carbamates (subject to hydrolysis) is 2. The van der Waals surface area contributed by atoms with Gasteiger partial charge in [0.25, 0.3) is 0 Å². The molecule has 0 heterocycles. The van der Waals surface area contributed by atoms with Crippen LogP contribution in [-0.4, -0.2) is 66.4 Å². The van der Waals surface area contributed by atoms with Gasteiger partial charge in [0.1, 0.15) is 12.2 Å². The molecule has 3 amide bonds. The van der Waals surface area contributed by atoms with Crippen LogP contribution in [0.1, 0.15) is 71.4 Å². The second-order valence-electron chi connectivity index (χ2n) is 12.0. The lowest BCUT2D eigenvalue weighted by atomic mass is 9.98. The number of nitrogens with one attached hydrogen (secondary N) is 3. The molecule has 41 heavy (non-hydrogen) atoms. The van der Waals surface area contributed by atoms with Crippen molar-refractivity contribution in [3.05, 3.63) is 59.7 Å². The Morgan fingerprint density at radius 1 is 0.829 bits per heavy atom. The molecular weight excluding hydrogens is 526 g/mol. The molecule has 0 saturated carbocycles. The topological polar surface area (TPSA) is 135 Å². The van der Waals surface area contributed by atoms with E-state index >= 15 is 0 Å². The Balaban J connectivity index is 1.53. The number of amides is 3. The minimum absolute atomic E-state index is 0.00528. The third-order valence-corrected chi connectivity index (χ3v) is 6.26. The molecule has 0 fully saturated rings. The Morgan fingerprint density at radius 2 is 1.39 bits per heavy atom. The van der Waals surface area contributed by atoms with Crippen molar-refractivity contribution in [2.45, 2.75) is 83.8 Å². The summed E-state index contributed by atoms with van der Waals surface area (Å²) < 4.78 is 16.4. The zero-order valence-corrected chi connectivity index (χ0v) is 24.8. The van der Waals surface area contributed by atoms with Crippen LogP contribution in [0.15, 0.2) is 48.5 Å². The lowest BCUT2D eigenvalue weighted by Crippen LogP contribution is -2.48. The minimum Gasteiger partial charge on any atom is -0.449 e. The maximum atomic E-state index is 12.9. The number of rotatable bonds is 11. The van der Waals surface area contributed by atoms with E-state index in [-0.39, 0.29) is 44.4 Å². The number of carbonyl (C=O) groups is 3. The molecule has 2 aromatic rings. The van der Waals surface area contributed by atoms with Gasteiger partial charge in [-0.3, -0.25) is 4.79 Å². The smallest absolute Gasteiger partial charge is 0.407 e. The van der Waals surface area contributed by atoms with Crippen molar-refractivity contribution in [1.29, 1.82) is 0 Å². The third-order valence-electron chi connectivity index (χ3n) is 6.26. The van der Waals surface area contributed by atoms with Gasteiger partial charge in [0.05, 0.1) is 11.6 Å². The SMILES string of the molecule is CC(C)(C)OC(=O)NCCNC(=O)CC[C@H](NC(=O)OCC1c2ccccc2-c2ccccc21)C(O)OC(C)(C)C. The molecule has 0 bridgehead atoms. The van der Waals surface area contributed by atoms with E-state index < -0.39 is 35.7 Å². The highest BCUT2D eigenvalue weighted by Crippen LogP contribution is 2.44. The van der Waals surface area contributed by atoms with E-state index in [2.05, 4.69) is 28.1 Å². The Labute approximate surface area is 242 Å². The van der Waals surface area contributed by atoms with Gasteiger partial charge in [-0.05, 0) is 70.2 Å². The van der Waals surface area contributed by atoms with Crippen molar-refractivity contribution in [2.24, 2.45) is 0 Å². The summed E-state index contributed by atoms with van der Waals surface area (Å²) in [6.45, 7) is 11.1. The minimum atomic E-state index is -1.36. The zero-order valence-electron chi connectivity index (χ0n) is 24.8.